The second kappa shape index (κ2) is 8.87. The van der Waals surface area contributed by atoms with E-state index < -0.39 is 10.0 Å². The fraction of sp³-hybridized carbons (Fsp3) is 0.667. The van der Waals surface area contributed by atoms with Gasteiger partial charge in [-0.2, -0.15) is 0 Å². The molecule has 0 saturated carbocycles. The van der Waals surface area contributed by atoms with Crippen LogP contribution in [0.25, 0.3) is 0 Å². The molecule has 0 aliphatic carbocycles. The van der Waals surface area contributed by atoms with E-state index in [4.69, 9.17) is 9.47 Å². The van der Waals surface area contributed by atoms with Gasteiger partial charge in [0.15, 0.2) is 11.5 Å². The number of methoxy groups -OCH3 is 1. The van der Waals surface area contributed by atoms with Crippen molar-refractivity contribution in [1.82, 2.24) is 9.62 Å². The Bertz CT molecular complexity index is 663. The molecule has 1 N–H and O–H groups in total. The maximum Gasteiger partial charge on any atom is 0.209 e. The molecule has 25 heavy (non-hydrogen) atoms. The lowest BCUT2D eigenvalue weighted by Crippen LogP contribution is -2.39. The van der Waals surface area contributed by atoms with Crippen LogP contribution in [0.1, 0.15) is 32.3 Å². The average molecular weight is 371 g/mol. The molecule has 0 aromatic heterocycles. The zero-order valence-electron chi connectivity index (χ0n) is 15.6. The Morgan fingerprint density at radius 2 is 2.00 bits per heavy atom. The molecule has 1 saturated heterocycles. The van der Waals surface area contributed by atoms with Crippen LogP contribution >= 0.6 is 0 Å². The number of nitrogens with zero attached hydrogens (tertiary/aromatic N) is 1. The molecule has 0 unspecified atom stereocenters. The summed E-state index contributed by atoms with van der Waals surface area (Å²) in [5.74, 6) is 1.83. The highest BCUT2D eigenvalue weighted by Gasteiger charge is 2.33. The van der Waals surface area contributed by atoms with E-state index in [1.165, 1.54) is 6.26 Å². The van der Waals surface area contributed by atoms with Gasteiger partial charge in [-0.05, 0) is 37.0 Å². The van der Waals surface area contributed by atoms with Crippen LogP contribution in [0.5, 0.6) is 11.5 Å². The number of hydrogen-bond donors (Lipinski definition) is 1. The van der Waals surface area contributed by atoms with Gasteiger partial charge in [0.2, 0.25) is 10.0 Å². The lowest BCUT2D eigenvalue weighted by atomic mass is 9.99. The zero-order valence-corrected chi connectivity index (χ0v) is 16.4. The first-order valence-electron chi connectivity index (χ1n) is 8.85. The Hall–Kier alpha value is -1.31. The van der Waals surface area contributed by atoms with Gasteiger partial charge >= 0.3 is 0 Å². The maximum absolute atomic E-state index is 11.6. The van der Waals surface area contributed by atoms with Crippen molar-refractivity contribution in [3.05, 3.63) is 23.8 Å². The highest BCUT2D eigenvalue weighted by molar-refractivity contribution is 7.88. The van der Waals surface area contributed by atoms with Gasteiger partial charge in [-0.1, -0.05) is 19.4 Å². The van der Waals surface area contributed by atoms with E-state index in [0.717, 1.165) is 49.5 Å². The van der Waals surface area contributed by atoms with Crippen molar-refractivity contribution in [3.8, 4) is 11.5 Å². The molecule has 1 aliphatic rings. The highest BCUT2D eigenvalue weighted by Crippen LogP contribution is 2.30. The van der Waals surface area contributed by atoms with Crippen molar-refractivity contribution in [1.29, 1.82) is 0 Å². The molecule has 1 fully saturated rings. The predicted octanol–water partition coefficient (Wildman–Crippen LogP) is 2.24. The van der Waals surface area contributed by atoms with Crippen molar-refractivity contribution in [2.75, 3.05) is 33.1 Å². The smallest absolute Gasteiger partial charge is 0.209 e. The number of sulfonamides is 1. The van der Waals surface area contributed by atoms with E-state index >= 15 is 0 Å². The van der Waals surface area contributed by atoms with E-state index in [1.54, 1.807) is 7.11 Å². The van der Waals surface area contributed by atoms with Crippen molar-refractivity contribution < 1.29 is 17.9 Å². The number of ether oxygens (including phenoxy) is 2. The quantitative estimate of drug-likeness (QED) is 0.722. The van der Waals surface area contributed by atoms with Gasteiger partial charge in [-0.3, -0.25) is 4.90 Å². The molecule has 1 aliphatic heterocycles. The zero-order chi connectivity index (χ0) is 18.4. The van der Waals surface area contributed by atoms with Gasteiger partial charge in [0.1, 0.15) is 0 Å². The minimum Gasteiger partial charge on any atom is -0.493 e. The Morgan fingerprint density at radius 1 is 1.24 bits per heavy atom. The first-order valence-corrected chi connectivity index (χ1v) is 10.7. The standard InChI is InChI=1S/C18H30N2O4S/c1-5-7-15-12-20(13-16(15)19-25(4,21)22)11-14-8-9-17(24-6-2)18(10-14)23-3/h8-10,15-16,19H,5-7,11-13H2,1-4H3/t15-,16-/m1/s1. The van der Waals surface area contributed by atoms with Crippen LogP contribution in [0.15, 0.2) is 18.2 Å². The topological polar surface area (TPSA) is 67.9 Å². The molecular weight excluding hydrogens is 340 g/mol. The second-order valence-electron chi connectivity index (χ2n) is 6.66. The third-order valence-electron chi connectivity index (χ3n) is 4.48. The van der Waals surface area contributed by atoms with E-state index in [-0.39, 0.29) is 6.04 Å². The molecule has 1 aromatic carbocycles. The Balaban J connectivity index is 2.07. The molecular formula is C18H30N2O4S. The number of benzene rings is 1. The number of likely N-dealkylation sites (tertiary alicyclic amines) is 1. The fourth-order valence-corrected chi connectivity index (χ4v) is 4.32. The SMILES string of the molecule is CCC[C@@H]1CN(Cc2ccc(OCC)c(OC)c2)C[C@H]1NS(C)(=O)=O. The summed E-state index contributed by atoms with van der Waals surface area (Å²) in [7, 11) is -1.55. The summed E-state index contributed by atoms with van der Waals surface area (Å²) in [4.78, 5) is 2.30. The fourth-order valence-electron chi connectivity index (χ4n) is 3.50. The lowest BCUT2D eigenvalue weighted by Gasteiger charge is -2.18. The first-order chi connectivity index (χ1) is 11.9. The molecule has 0 amide bonds. The third-order valence-corrected chi connectivity index (χ3v) is 5.21. The molecule has 142 valence electrons. The van der Waals surface area contributed by atoms with Crippen molar-refractivity contribution in [3.63, 3.8) is 0 Å². The van der Waals surface area contributed by atoms with Crippen molar-refractivity contribution in [2.45, 2.75) is 39.3 Å². The summed E-state index contributed by atoms with van der Waals surface area (Å²) in [6.07, 6.45) is 3.31. The molecule has 0 radical (unpaired) electrons. The van der Waals surface area contributed by atoms with Gasteiger partial charge in [0.25, 0.3) is 0 Å². The van der Waals surface area contributed by atoms with Gasteiger partial charge < -0.3 is 9.47 Å². The molecule has 2 rings (SSSR count). The molecule has 2 atom stereocenters. The van der Waals surface area contributed by atoms with Crippen molar-refractivity contribution in [2.24, 2.45) is 5.92 Å². The molecule has 0 bridgehead atoms. The number of nitrogens with one attached hydrogen (secondary N) is 1. The van der Waals surface area contributed by atoms with E-state index in [1.807, 2.05) is 25.1 Å². The number of rotatable bonds is 9. The summed E-state index contributed by atoms with van der Waals surface area (Å²) >= 11 is 0. The summed E-state index contributed by atoms with van der Waals surface area (Å²) in [6, 6.07) is 5.96. The second-order valence-corrected chi connectivity index (χ2v) is 8.44. The van der Waals surface area contributed by atoms with Crippen LogP contribution in [0.4, 0.5) is 0 Å². The van der Waals surface area contributed by atoms with E-state index in [2.05, 4.69) is 16.5 Å². The predicted molar refractivity (Wildman–Crippen MR) is 99.6 cm³/mol. The van der Waals surface area contributed by atoms with Crippen LogP contribution in [0.3, 0.4) is 0 Å². The van der Waals surface area contributed by atoms with Gasteiger partial charge in [0.05, 0.1) is 20.0 Å². The van der Waals surface area contributed by atoms with Crippen LogP contribution < -0.4 is 14.2 Å². The molecule has 1 heterocycles. The average Bonchev–Trinajstić information content (AvgIpc) is 2.88. The molecule has 6 nitrogen and oxygen atoms in total. The minimum absolute atomic E-state index is 0.0143. The van der Waals surface area contributed by atoms with Crippen LogP contribution in [-0.2, 0) is 16.6 Å². The normalized spacial score (nSPS) is 21.4. The first kappa shape index (κ1) is 20.0. The summed E-state index contributed by atoms with van der Waals surface area (Å²) in [5.41, 5.74) is 1.13. The summed E-state index contributed by atoms with van der Waals surface area (Å²) < 4.78 is 37.0. The van der Waals surface area contributed by atoms with E-state index in [0.29, 0.717) is 12.5 Å². The third kappa shape index (κ3) is 5.87. The number of hydrogen-bond acceptors (Lipinski definition) is 5. The Morgan fingerprint density at radius 3 is 2.60 bits per heavy atom. The molecule has 7 heteroatoms. The Kier molecular flexibility index (Phi) is 7.10. The van der Waals surface area contributed by atoms with Gasteiger partial charge in [-0.15, -0.1) is 0 Å². The van der Waals surface area contributed by atoms with Crippen LogP contribution in [0, 0.1) is 5.92 Å². The van der Waals surface area contributed by atoms with Gasteiger partial charge in [0, 0.05) is 25.7 Å². The molecule has 0 spiro atoms. The molecule has 1 aromatic rings. The Labute approximate surface area is 151 Å². The van der Waals surface area contributed by atoms with Crippen LogP contribution in [-0.4, -0.2) is 52.4 Å². The van der Waals surface area contributed by atoms with E-state index in [9.17, 15) is 8.42 Å². The monoisotopic (exact) mass is 370 g/mol. The maximum atomic E-state index is 11.6. The minimum atomic E-state index is -3.19. The van der Waals surface area contributed by atoms with Crippen molar-refractivity contribution >= 4 is 10.0 Å². The van der Waals surface area contributed by atoms with Crippen LogP contribution in [0.2, 0.25) is 0 Å². The lowest BCUT2D eigenvalue weighted by molar-refractivity contribution is 0.303. The largest absolute Gasteiger partial charge is 0.493 e. The van der Waals surface area contributed by atoms with Gasteiger partial charge in [-0.25, -0.2) is 13.1 Å². The summed E-state index contributed by atoms with van der Waals surface area (Å²) in [5, 5.41) is 0. The highest BCUT2D eigenvalue weighted by atomic mass is 32.2. The summed E-state index contributed by atoms with van der Waals surface area (Å²) in [6.45, 7) is 7.08.